The molecule has 2 aromatic rings. The third-order valence-electron chi connectivity index (χ3n) is 5.00. The van der Waals surface area contributed by atoms with Gasteiger partial charge in [-0.25, -0.2) is 17.8 Å². The first kappa shape index (κ1) is 28.3. The van der Waals surface area contributed by atoms with Crippen molar-refractivity contribution in [1.82, 2.24) is 10.3 Å². The number of nitrogen functional groups attached to an aromatic ring is 1. The number of ether oxygens (including phenoxy) is 2. The molecule has 0 aliphatic rings. The molecule has 1 heterocycles. The summed E-state index contributed by atoms with van der Waals surface area (Å²) in [4.78, 5) is 15.6. The first-order chi connectivity index (χ1) is 16.3. The molecule has 2 rings (SSSR count). The molecule has 0 saturated carbocycles. The molecule has 1 aromatic heterocycles. The highest BCUT2D eigenvalue weighted by molar-refractivity contribution is 7.90. The minimum Gasteiger partial charge on any atom is -0.477 e. The van der Waals surface area contributed by atoms with Crippen LogP contribution in [0.5, 0.6) is 5.88 Å². The smallest absolute Gasteiger partial charge is 0.433 e. The van der Waals surface area contributed by atoms with Crippen LogP contribution in [0.1, 0.15) is 43.0 Å². The van der Waals surface area contributed by atoms with Crippen LogP contribution in [0.4, 0.5) is 23.2 Å². The van der Waals surface area contributed by atoms with E-state index < -0.39 is 49.9 Å². The second kappa shape index (κ2) is 11.7. The van der Waals surface area contributed by atoms with E-state index in [1.807, 2.05) is 0 Å². The summed E-state index contributed by atoms with van der Waals surface area (Å²) in [6, 6.07) is 4.18. The van der Waals surface area contributed by atoms with Crippen molar-refractivity contribution in [3.05, 3.63) is 46.9 Å². The number of carbonyl (C=O) groups is 1. The summed E-state index contributed by atoms with van der Waals surface area (Å²) < 4.78 is 87.6. The number of amides is 1. The second-order valence-corrected chi connectivity index (χ2v) is 9.63. The van der Waals surface area contributed by atoms with Gasteiger partial charge in [0, 0.05) is 38.0 Å². The lowest BCUT2D eigenvalue weighted by Crippen LogP contribution is -2.28. The first-order valence-corrected chi connectivity index (χ1v) is 12.5. The Kier molecular flexibility index (Phi) is 9.44. The summed E-state index contributed by atoms with van der Waals surface area (Å²) in [6.07, 6.45) is -3.43. The Bertz CT molecular complexity index is 1160. The molecule has 0 aliphatic carbocycles. The summed E-state index contributed by atoms with van der Waals surface area (Å²) in [6.45, 7) is 3.90. The van der Waals surface area contributed by atoms with Crippen molar-refractivity contribution in [3.63, 3.8) is 0 Å². The van der Waals surface area contributed by atoms with Gasteiger partial charge >= 0.3 is 6.18 Å². The number of carbonyl (C=O) groups excluding carboxylic acids is 1. The minimum atomic E-state index is -4.68. The van der Waals surface area contributed by atoms with E-state index in [4.69, 9.17) is 15.2 Å². The van der Waals surface area contributed by atoms with Crippen LogP contribution >= 0.6 is 0 Å². The van der Waals surface area contributed by atoms with Crippen LogP contribution in [-0.4, -0.2) is 45.4 Å². The van der Waals surface area contributed by atoms with Gasteiger partial charge in [-0.2, -0.15) is 13.2 Å². The van der Waals surface area contributed by atoms with Crippen molar-refractivity contribution < 1.29 is 40.2 Å². The lowest BCUT2D eigenvalue weighted by Gasteiger charge is -2.17. The zero-order chi connectivity index (χ0) is 26.4. The Balaban J connectivity index is 2.18. The van der Waals surface area contributed by atoms with Crippen molar-refractivity contribution in [2.24, 2.45) is 0 Å². The fourth-order valence-corrected chi connectivity index (χ4v) is 3.84. The Morgan fingerprint density at radius 1 is 1.20 bits per heavy atom. The molecule has 1 unspecified atom stereocenters. The predicted octanol–water partition coefficient (Wildman–Crippen LogP) is 3.45. The molecule has 1 amide bonds. The number of halogens is 4. The van der Waals surface area contributed by atoms with E-state index in [0.717, 1.165) is 24.5 Å². The van der Waals surface area contributed by atoms with E-state index in [0.29, 0.717) is 19.6 Å². The van der Waals surface area contributed by atoms with E-state index in [9.17, 15) is 30.8 Å². The quantitative estimate of drug-likeness (QED) is 0.264. The Hall–Kier alpha value is -2.93. The van der Waals surface area contributed by atoms with Crippen LogP contribution in [0.25, 0.3) is 0 Å². The number of hydrogen-bond acceptors (Lipinski definition) is 7. The lowest BCUT2D eigenvalue weighted by molar-refractivity contribution is -0.141. The number of aromatic nitrogens is 1. The molecule has 0 radical (unpaired) electrons. The van der Waals surface area contributed by atoms with Gasteiger partial charge in [0.1, 0.15) is 10.6 Å². The molecule has 1 atom stereocenters. The van der Waals surface area contributed by atoms with Crippen LogP contribution in [0, 0.1) is 5.82 Å². The van der Waals surface area contributed by atoms with Gasteiger partial charge in [-0.15, -0.1) is 0 Å². The third-order valence-corrected chi connectivity index (χ3v) is 6.11. The number of hydrogen-bond donors (Lipinski definition) is 2. The number of benzene rings is 1. The summed E-state index contributed by atoms with van der Waals surface area (Å²) in [7, 11) is -3.86. The molecule has 0 spiro atoms. The molecule has 3 N–H and O–H groups in total. The highest BCUT2D eigenvalue weighted by Gasteiger charge is 2.33. The lowest BCUT2D eigenvalue weighted by atomic mass is 9.98. The number of nitrogens with zero attached hydrogens (tertiary/aromatic N) is 1. The zero-order valence-corrected chi connectivity index (χ0v) is 20.2. The number of rotatable bonds is 11. The first-order valence-electron chi connectivity index (χ1n) is 10.6. The van der Waals surface area contributed by atoms with E-state index in [2.05, 4.69) is 10.3 Å². The molecule has 35 heavy (non-hydrogen) atoms. The van der Waals surface area contributed by atoms with Gasteiger partial charge < -0.3 is 20.5 Å². The summed E-state index contributed by atoms with van der Waals surface area (Å²) in [5.41, 5.74) is 4.36. The Morgan fingerprint density at radius 3 is 2.49 bits per heavy atom. The fourth-order valence-electron chi connectivity index (χ4n) is 3.09. The average Bonchev–Trinajstić information content (AvgIpc) is 2.77. The van der Waals surface area contributed by atoms with Crippen LogP contribution in [0.15, 0.2) is 29.2 Å². The van der Waals surface area contributed by atoms with Crippen molar-refractivity contribution in [1.29, 1.82) is 0 Å². The average molecular weight is 522 g/mol. The van der Waals surface area contributed by atoms with Crippen molar-refractivity contribution in [2.45, 2.75) is 43.8 Å². The van der Waals surface area contributed by atoms with E-state index in [1.54, 1.807) is 6.92 Å². The van der Waals surface area contributed by atoms with Crippen LogP contribution in [0.3, 0.4) is 0 Å². The van der Waals surface area contributed by atoms with Gasteiger partial charge in [0.15, 0.2) is 15.7 Å². The number of pyridine rings is 1. The molecular formula is C22H27F4N3O5S. The van der Waals surface area contributed by atoms with Gasteiger partial charge in [0.25, 0.3) is 0 Å². The minimum absolute atomic E-state index is 0.0498. The molecule has 13 heteroatoms. The highest BCUT2D eigenvalue weighted by atomic mass is 32.2. The molecule has 0 saturated heterocycles. The highest BCUT2D eigenvalue weighted by Crippen LogP contribution is 2.31. The van der Waals surface area contributed by atoms with E-state index >= 15 is 0 Å². The second-order valence-electron chi connectivity index (χ2n) is 7.65. The number of sulfone groups is 1. The van der Waals surface area contributed by atoms with Gasteiger partial charge in [0.2, 0.25) is 11.8 Å². The van der Waals surface area contributed by atoms with Crippen LogP contribution in [-0.2, 0) is 32.1 Å². The molecule has 8 nitrogen and oxygen atoms in total. The molecule has 194 valence electrons. The van der Waals surface area contributed by atoms with Crippen molar-refractivity contribution in [3.8, 4) is 5.88 Å². The molecule has 0 fully saturated rings. The number of anilines is 1. The largest absolute Gasteiger partial charge is 0.477 e. The van der Waals surface area contributed by atoms with Gasteiger partial charge in [0.05, 0.1) is 18.2 Å². The third kappa shape index (κ3) is 7.52. The van der Waals surface area contributed by atoms with Gasteiger partial charge in [-0.1, -0.05) is 6.07 Å². The number of nitrogens with two attached hydrogens (primary N) is 1. The number of nitrogens with one attached hydrogen (secondary N) is 1. The normalized spacial score (nSPS) is 12.9. The molecule has 1 aromatic carbocycles. The Morgan fingerprint density at radius 2 is 1.89 bits per heavy atom. The summed E-state index contributed by atoms with van der Waals surface area (Å²) in [5, 5.41) is 2.54. The molecule has 0 bridgehead atoms. The SMILES string of the molecule is CCOCCCOc1nc(C(F)(F)F)ccc1CNC(=O)C(C)c1ccc(S(C)(=O)=O)c(F)c1N. The van der Waals surface area contributed by atoms with Gasteiger partial charge in [-0.05, 0) is 37.6 Å². The van der Waals surface area contributed by atoms with Crippen molar-refractivity contribution in [2.75, 3.05) is 31.8 Å². The summed E-state index contributed by atoms with van der Waals surface area (Å²) in [5.74, 6) is -3.05. The maximum absolute atomic E-state index is 14.5. The maximum Gasteiger partial charge on any atom is 0.433 e. The number of alkyl halides is 3. The molecule has 0 aliphatic heterocycles. The predicted molar refractivity (Wildman–Crippen MR) is 120 cm³/mol. The fraction of sp³-hybridized carbons (Fsp3) is 0.455. The summed E-state index contributed by atoms with van der Waals surface area (Å²) >= 11 is 0. The topological polar surface area (TPSA) is 121 Å². The van der Waals surface area contributed by atoms with Crippen LogP contribution < -0.4 is 15.8 Å². The van der Waals surface area contributed by atoms with Gasteiger partial charge in [-0.3, -0.25) is 4.79 Å². The Labute approximate surface area is 200 Å². The molecular weight excluding hydrogens is 494 g/mol. The van der Waals surface area contributed by atoms with Crippen LogP contribution in [0.2, 0.25) is 0 Å². The maximum atomic E-state index is 14.5. The van der Waals surface area contributed by atoms with E-state index in [-0.39, 0.29) is 30.2 Å². The van der Waals surface area contributed by atoms with Crippen molar-refractivity contribution >= 4 is 21.4 Å². The monoisotopic (exact) mass is 521 g/mol. The zero-order valence-electron chi connectivity index (χ0n) is 19.4. The standard InChI is InChI=1S/C22H27F4N3O5S/c1-4-33-10-5-11-34-21-14(6-9-17(29-21)22(24,25)26)12-28-20(30)13(2)15-7-8-16(35(3,31)32)18(23)19(15)27/h6-9,13H,4-5,10-12,27H2,1-3H3,(H,28,30). The van der Waals surface area contributed by atoms with E-state index in [1.165, 1.54) is 13.0 Å².